The van der Waals surface area contributed by atoms with Gasteiger partial charge >= 0.3 is 120 Å². The van der Waals surface area contributed by atoms with Gasteiger partial charge in [0.05, 0.1) is 0 Å². The van der Waals surface area contributed by atoms with Gasteiger partial charge < -0.3 is 0 Å². The normalized spacial score (nSPS) is 12.7. The summed E-state index contributed by atoms with van der Waals surface area (Å²) in [5.74, 6) is 0.995. The van der Waals surface area contributed by atoms with E-state index >= 15 is 0 Å². The molecule has 1 atom stereocenters. The maximum Gasteiger partial charge on any atom is 0.394 e. The maximum absolute atomic E-state index is 8.74. The fraction of sp³-hybridized carbons (Fsp3) is 1.00. The monoisotopic (exact) mass is 304 g/mol. The summed E-state index contributed by atoms with van der Waals surface area (Å²) < 4.78 is 33.1. The molecule has 0 heterocycles. The maximum atomic E-state index is 8.74. The van der Waals surface area contributed by atoms with Crippen LogP contribution >= 0.6 is 0 Å². The van der Waals surface area contributed by atoms with Crippen LogP contribution in [0.15, 0.2) is 0 Å². The van der Waals surface area contributed by atoms with Crippen LogP contribution in [0.2, 0.25) is 3.67 Å². The van der Waals surface area contributed by atoms with Crippen LogP contribution < -0.4 is 0 Å². The average molecular weight is 304 g/mol. The second kappa shape index (κ2) is 15.3. The molecule has 0 saturated heterocycles. The first-order valence-electron chi connectivity index (χ1n) is 7.51. The van der Waals surface area contributed by atoms with E-state index < -0.39 is 10.4 Å². The van der Waals surface area contributed by atoms with Gasteiger partial charge in [-0.05, 0) is 0 Å². The average Bonchev–Trinajstić information content (AvgIpc) is 2.29. The van der Waals surface area contributed by atoms with Crippen molar-refractivity contribution in [3.05, 3.63) is 0 Å². The van der Waals surface area contributed by atoms with E-state index in [0.717, 1.165) is 5.92 Å². The van der Waals surface area contributed by atoms with Crippen molar-refractivity contribution >= 4 is 38.3 Å². The van der Waals surface area contributed by atoms with Crippen molar-refractivity contribution in [2.24, 2.45) is 5.92 Å². The van der Waals surface area contributed by atoms with Crippen LogP contribution in [0.4, 0.5) is 0 Å². The molecule has 0 spiro atoms. The Morgan fingerprint density at radius 3 is 1.84 bits per heavy atom. The minimum Gasteiger partial charge on any atom is -0.264 e. The van der Waals surface area contributed by atoms with E-state index in [0.29, 0.717) is 0 Å². The zero-order valence-corrected chi connectivity index (χ0v) is 15.6. The number of hydrogen-bond acceptors (Lipinski definition) is 2. The van der Waals surface area contributed by atoms with Crippen molar-refractivity contribution in [2.45, 2.75) is 75.3 Å². The van der Waals surface area contributed by atoms with Crippen molar-refractivity contribution in [1.82, 2.24) is 0 Å². The van der Waals surface area contributed by atoms with Crippen LogP contribution in [0.1, 0.15) is 71.6 Å². The van der Waals surface area contributed by atoms with E-state index in [4.69, 9.17) is 17.5 Å². The van der Waals surface area contributed by atoms with Crippen molar-refractivity contribution in [3.63, 3.8) is 0 Å². The van der Waals surface area contributed by atoms with Crippen LogP contribution in [-0.4, -0.2) is 45.5 Å². The molecule has 6 heteroatoms. The Kier molecular flexibility index (Phi) is 17.8. The number of hydrogen-bond donors (Lipinski definition) is 2. The van der Waals surface area contributed by atoms with E-state index in [1.807, 2.05) is 0 Å². The van der Waals surface area contributed by atoms with Gasteiger partial charge in [-0.15, -0.1) is 0 Å². The number of unbranched alkanes of at least 4 members (excludes halogenated alkanes) is 5. The van der Waals surface area contributed by atoms with Crippen molar-refractivity contribution in [1.29, 1.82) is 0 Å². The summed E-state index contributed by atoms with van der Waals surface area (Å²) in [6, 6.07) is 0. The molecule has 0 aliphatic carbocycles. The van der Waals surface area contributed by atoms with Crippen LogP contribution in [0.25, 0.3) is 0 Å². The third-order valence-corrected chi connectivity index (χ3v) is 3.81. The minimum atomic E-state index is -4.67. The third-order valence-electron chi connectivity index (χ3n) is 3.10. The molecule has 0 saturated carbocycles. The van der Waals surface area contributed by atoms with Gasteiger partial charge in [-0.2, -0.15) is 8.42 Å². The largest absolute Gasteiger partial charge is 0.394 e. The first-order chi connectivity index (χ1) is 8.81. The molecule has 0 aromatic carbocycles. The van der Waals surface area contributed by atoms with Crippen molar-refractivity contribution in [3.8, 4) is 0 Å². The summed E-state index contributed by atoms with van der Waals surface area (Å²) in [7, 11) is -4.67. The molecule has 0 aliphatic rings. The Morgan fingerprint density at radius 2 is 1.37 bits per heavy atom. The van der Waals surface area contributed by atoms with Gasteiger partial charge in [-0.1, -0.05) is 0 Å². The van der Waals surface area contributed by atoms with Crippen LogP contribution in [-0.2, 0) is 10.4 Å². The first-order valence-corrected chi connectivity index (χ1v) is 10.3. The molecule has 4 nitrogen and oxygen atoms in total. The van der Waals surface area contributed by atoms with Gasteiger partial charge in [-0.3, -0.25) is 9.11 Å². The molecule has 0 aromatic rings. The summed E-state index contributed by atoms with van der Waals surface area (Å²) >= 11 is 1.40. The zero-order valence-electron chi connectivity index (χ0n) is 12.8. The molecule has 1 unspecified atom stereocenters. The smallest absolute Gasteiger partial charge is 0.264 e. The van der Waals surface area contributed by atoms with Gasteiger partial charge in [0.25, 0.3) is 0 Å². The van der Waals surface area contributed by atoms with Crippen molar-refractivity contribution in [2.75, 3.05) is 0 Å². The van der Waals surface area contributed by atoms with Gasteiger partial charge in [0.15, 0.2) is 0 Å². The molecule has 0 amide bonds. The summed E-state index contributed by atoms with van der Waals surface area (Å²) in [5.41, 5.74) is 0. The fourth-order valence-electron chi connectivity index (χ4n) is 1.97. The SMILES string of the molecule is CCCCCCCCC(C)CC[CH2][Na].O=S(=O)(O)O. The molecule has 0 fully saturated rings. The second-order valence-corrected chi connectivity index (χ2v) is 7.15. The Hall–Kier alpha value is 0.870. The molecule has 2 N–H and O–H groups in total. The summed E-state index contributed by atoms with van der Waals surface area (Å²) in [5, 5.41) is 0. The predicted octanol–water partition coefficient (Wildman–Crippen LogP) is 4.09. The van der Waals surface area contributed by atoms with Gasteiger partial charge in [0, 0.05) is 0 Å². The molecule has 0 bridgehead atoms. The molecule has 0 rings (SSSR count). The molecule has 19 heavy (non-hydrogen) atoms. The molecular formula is C13H29NaO4S. The Bertz CT molecular complexity index is 260. The van der Waals surface area contributed by atoms with Crippen LogP contribution in [0, 0.1) is 5.92 Å². The molecular weight excluding hydrogens is 275 g/mol. The summed E-state index contributed by atoms with van der Waals surface area (Å²) in [4.78, 5) is 0. The van der Waals surface area contributed by atoms with E-state index in [9.17, 15) is 0 Å². The minimum absolute atomic E-state index is 0.995. The van der Waals surface area contributed by atoms with Crippen molar-refractivity contribution < 1.29 is 17.5 Å². The Morgan fingerprint density at radius 1 is 0.947 bits per heavy atom. The molecule has 0 aromatic heterocycles. The molecule has 0 aliphatic heterocycles. The Balaban J connectivity index is 0. The topological polar surface area (TPSA) is 74.6 Å². The van der Waals surface area contributed by atoms with Crippen LogP contribution in [0.5, 0.6) is 0 Å². The standard InChI is InChI=1S/C13H27.Na.H2O4S/c1-4-6-7-8-9-10-12-13(3)11-5-2;;1-5(2,3)4/h13H,2,4-12H2,1,3H3;;(H2,1,2,3,4). The number of rotatable bonds is 10. The third kappa shape index (κ3) is 32.4. The van der Waals surface area contributed by atoms with Crippen LogP contribution in [0.3, 0.4) is 0 Å². The Labute approximate surface area is 136 Å². The molecule has 0 radical (unpaired) electrons. The quantitative estimate of drug-likeness (QED) is 0.362. The second-order valence-electron chi connectivity index (χ2n) is 5.25. The van der Waals surface area contributed by atoms with E-state index in [1.54, 1.807) is 0 Å². The van der Waals surface area contributed by atoms with Gasteiger partial charge in [0.2, 0.25) is 0 Å². The van der Waals surface area contributed by atoms with E-state index in [1.165, 1.54) is 89.4 Å². The van der Waals surface area contributed by atoms with E-state index in [2.05, 4.69) is 13.8 Å². The van der Waals surface area contributed by atoms with Gasteiger partial charge in [0.1, 0.15) is 0 Å². The summed E-state index contributed by atoms with van der Waals surface area (Å²) in [6.07, 6.45) is 13.2. The summed E-state index contributed by atoms with van der Waals surface area (Å²) in [6.45, 7) is 4.72. The predicted molar refractivity (Wildman–Crippen MR) is 81.1 cm³/mol. The zero-order chi connectivity index (χ0) is 15.1. The van der Waals surface area contributed by atoms with E-state index in [-0.39, 0.29) is 0 Å². The molecule has 112 valence electrons. The fourth-order valence-corrected chi connectivity index (χ4v) is 2.38. The first kappa shape index (κ1) is 22.2. The van der Waals surface area contributed by atoms with Gasteiger partial charge in [-0.25, -0.2) is 0 Å².